The lowest BCUT2D eigenvalue weighted by Crippen LogP contribution is -2.30. The highest BCUT2D eigenvalue weighted by Gasteiger charge is 2.47. The second-order valence-electron chi connectivity index (χ2n) is 7.36. The molecule has 5 nitrogen and oxygen atoms in total. The molecule has 1 unspecified atom stereocenters. The summed E-state index contributed by atoms with van der Waals surface area (Å²) in [5.74, 6) is -1.42. The van der Waals surface area contributed by atoms with Gasteiger partial charge in [0.25, 0.3) is 11.7 Å². The third-order valence-electron chi connectivity index (χ3n) is 5.42. The number of anilines is 1. The van der Waals surface area contributed by atoms with Crippen LogP contribution in [-0.2, 0) is 9.59 Å². The topological polar surface area (TPSA) is 66.8 Å². The van der Waals surface area contributed by atoms with Crippen molar-refractivity contribution in [3.05, 3.63) is 99.0 Å². The monoisotopic (exact) mass is 467 g/mol. The molecule has 0 bridgehead atoms. The molecule has 1 amide bonds. The molecule has 0 aliphatic carbocycles. The van der Waals surface area contributed by atoms with Gasteiger partial charge in [-0.15, -0.1) is 0 Å². The van der Waals surface area contributed by atoms with Crippen molar-refractivity contribution in [2.45, 2.75) is 13.0 Å². The molecule has 1 atom stereocenters. The highest BCUT2D eigenvalue weighted by molar-refractivity contribution is 6.52. The Morgan fingerprint density at radius 1 is 1.00 bits per heavy atom. The maximum Gasteiger partial charge on any atom is 0.300 e. The number of methoxy groups -OCH3 is 1. The molecule has 1 fully saturated rings. The summed E-state index contributed by atoms with van der Waals surface area (Å²) in [6, 6.07) is 18.0. The molecule has 0 saturated carbocycles. The van der Waals surface area contributed by atoms with Gasteiger partial charge >= 0.3 is 0 Å². The molecule has 3 aromatic rings. The second-order valence-corrected chi connectivity index (χ2v) is 8.20. The van der Waals surface area contributed by atoms with E-state index in [9.17, 15) is 14.7 Å². The number of nitrogens with zero attached hydrogens (tertiary/aromatic N) is 1. The molecule has 0 radical (unpaired) electrons. The van der Waals surface area contributed by atoms with Gasteiger partial charge in [-0.2, -0.15) is 0 Å². The van der Waals surface area contributed by atoms with Gasteiger partial charge in [0, 0.05) is 16.3 Å². The Labute approximate surface area is 195 Å². The number of carbonyl (C=O) groups is 2. The predicted octanol–water partition coefficient (Wildman–Crippen LogP) is 5.94. The Bertz CT molecular complexity index is 1250. The predicted molar refractivity (Wildman–Crippen MR) is 125 cm³/mol. The SMILES string of the molecule is COc1ccc(/C(O)=C2\C(=O)C(=O)N(c3cc(Cl)ccc3C)C2c2ccccc2)cc1Cl. The molecule has 4 rings (SSSR count). The van der Waals surface area contributed by atoms with Crippen LogP contribution in [0.25, 0.3) is 5.76 Å². The Morgan fingerprint density at radius 3 is 2.38 bits per heavy atom. The Balaban J connectivity index is 1.96. The van der Waals surface area contributed by atoms with Crippen LogP contribution < -0.4 is 9.64 Å². The first-order chi connectivity index (χ1) is 15.3. The fourth-order valence-electron chi connectivity index (χ4n) is 3.84. The minimum atomic E-state index is -0.839. The lowest BCUT2D eigenvalue weighted by atomic mass is 9.95. The Morgan fingerprint density at radius 2 is 1.72 bits per heavy atom. The fourth-order valence-corrected chi connectivity index (χ4v) is 4.27. The second kappa shape index (κ2) is 8.69. The van der Waals surface area contributed by atoms with E-state index >= 15 is 0 Å². The van der Waals surface area contributed by atoms with Gasteiger partial charge < -0.3 is 9.84 Å². The summed E-state index contributed by atoms with van der Waals surface area (Å²) in [5.41, 5.74) is 2.22. The standard InChI is InChI=1S/C25H19Cl2NO4/c1-14-8-10-17(26)13-19(14)28-22(15-6-4-3-5-7-15)21(24(30)25(28)31)23(29)16-9-11-20(32-2)18(27)12-16/h3-13,22,29H,1-2H3/b23-21+. The number of rotatable bonds is 4. The lowest BCUT2D eigenvalue weighted by molar-refractivity contribution is -0.132. The van der Waals surface area contributed by atoms with Crippen LogP contribution in [0.4, 0.5) is 5.69 Å². The van der Waals surface area contributed by atoms with Gasteiger partial charge in [-0.05, 0) is 48.4 Å². The third kappa shape index (κ3) is 3.74. The largest absolute Gasteiger partial charge is 0.507 e. The highest BCUT2D eigenvalue weighted by atomic mass is 35.5. The fraction of sp³-hybridized carbons (Fsp3) is 0.120. The molecule has 1 aliphatic heterocycles. The first-order valence-electron chi connectivity index (χ1n) is 9.79. The van der Waals surface area contributed by atoms with Gasteiger partial charge in [0.05, 0.1) is 23.7 Å². The van der Waals surface area contributed by atoms with E-state index in [1.54, 1.807) is 42.5 Å². The van der Waals surface area contributed by atoms with Crippen LogP contribution in [0.3, 0.4) is 0 Å². The maximum atomic E-state index is 13.2. The van der Waals surface area contributed by atoms with Crippen molar-refractivity contribution in [3.8, 4) is 5.75 Å². The number of aliphatic hydroxyl groups is 1. The number of amides is 1. The van der Waals surface area contributed by atoms with Crippen molar-refractivity contribution in [2.75, 3.05) is 12.0 Å². The van der Waals surface area contributed by atoms with Gasteiger partial charge in [0.1, 0.15) is 11.5 Å². The van der Waals surface area contributed by atoms with E-state index in [4.69, 9.17) is 27.9 Å². The average Bonchev–Trinajstić information content (AvgIpc) is 3.06. The summed E-state index contributed by atoms with van der Waals surface area (Å²) in [7, 11) is 1.48. The van der Waals surface area contributed by atoms with Crippen LogP contribution in [0, 0.1) is 6.92 Å². The molecule has 1 heterocycles. The first kappa shape index (κ1) is 21.9. The number of ether oxygens (including phenoxy) is 1. The summed E-state index contributed by atoms with van der Waals surface area (Å²) < 4.78 is 5.16. The third-order valence-corrected chi connectivity index (χ3v) is 5.95. The summed E-state index contributed by atoms with van der Waals surface area (Å²) in [5, 5.41) is 11.9. The van der Waals surface area contributed by atoms with Crippen LogP contribution in [0.2, 0.25) is 10.0 Å². The molecular weight excluding hydrogens is 449 g/mol. The van der Waals surface area contributed by atoms with Crippen molar-refractivity contribution in [1.82, 2.24) is 0 Å². The molecular formula is C25H19Cl2NO4. The molecule has 0 aromatic heterocycles. The normalized spacial score (nSPS) is 17.6. The molecule has 162 valence electrons. The van der Waals surface area contributed by atoms with Crippen molar-refractivity contribution in [2.24, 2.45) is 0 Å². The zero-order chi connectivity index (χ0) is 23.0. The number of carbonyl (C=O) groups excluding carboxylic acids is 2. The molecule has 7 heteroatoms. The average molecular weight is 468 g/mol. The van der Waals surface area contributed by atoms with E-state index in [1.807, 2.05) is 25.1 Å². The highest BCUT2D eigenvalue weighted by Crippen LogP contribution is 2.44. The molecule has 1 aliphatic rings. The van der Waals surface area contributed by atoms with Crippen LogP contribution in [0.15, 0.2) is 72.3 Å². The van der Waals surface area contributed by atoms with E-state index in [0.29, 0.717) is 27.6 Å². The Kier molecular flexibility index (Phi) is 5.96. The van der Waals surface area contributed by atoms with Crippen LogP contribution in [-0.4, -0.2) is 23.9 Å². The van der Waals surface area contributed by atoms with Crippen molar-refractivity contribution < 1.29 is 19.4 Å². The number of Topliss-reactive ketones (excluding diaryl/α,β-unsaturated/α-hetero) is 1. The van der Waals surface area contributed by atoms with E-state index in [-0.39, 0.29) is 16.4 Å². The van der Waals surface area contributed by atoms with E-state index < -0.39 is 17.7 Å². The molecule has 1 saturated heterocycles. The zero-order valence-electron chi connectivity index (χ0n) is 17.3. The molecule has 32 heavy (non-hydrogen) atoms. The van der Waals surface area contributed by atoms with E-state index in [2.05, 4.69) is 0 Å². The summed E-state index contributed by atoms with van der Waals surface area (Å²) >= 11 is 12.4. The number of aliphatic hydroxyl groups excluding tert-OH is 1. The van der Waals surface area contributed by atoms with Gasteiger partial charge in [-0.1, -0.05) is 59.6 Å². The minimum absolute atomic E-state index is 0.0261. The number of hydrogen-bond acceptors (Lipinski definition) is 4. The summed E-state index contributed by atoms with van der Waals surface area (Å²) in [4.78, 5) is 27.8. The zero-order valence-corrected chi connectivity index (χ0v) is 18.8. The number of benzene rings is 3. The first-order valence-corrected chi connectivity index (χ1v) is 10.5. The number of ketones is 1. The number of halogens is 2. The van der Waals surface area contributed by atoms with Crippen molar-refractivity contribution >= 4 is 46.3 Å². The summed E-state index contributed by atoms with van der Waals surface area (Å²) in [6.45, 7) is 1.83. The quantitative estimate of drug-likeness (QED) is 0.293. The lowest BCUT2D eigenvalue weighted by Gasteiger charge is -2.27. The minimum Gasteiger partial charge on any atom is -0.507 e. The van der Waals surface area contributed by atoms with Crippen LogP contribution in [0.1, 0.15) is 22.7 Å². The molecule has 0 spiro atoms. The van der Waals surface area contributed by atoms with Gasteiger partial charge in [-0.25, -0.2) is 0 Å². The van der Waals surface area contributed by atoms with Crippen molar-refractivity contribution in [1.29, 1.82) is 0 Å². The summed E-state index contributed by atoms with van der Waals surface area (Å²) in [6.07, 6.45) is 0. The number of hydrogen-bond donors (Lipinski definition) is 1. The van der Waals surface area contributed by atoms with Gasteiger partial charge in [0.15, 0.2) is 0 Å². The smallest absolute Gasteiger partial charge is 0.300 e. The van der Waals surface area contributed by atoms with Gasteiger partial charge in [0.2, 0.25) is 0 Å². The molecule has 3 aromatic carbocycles. The number of aryl methyl sites for hydroxylation is 1. The van der Waals surface area contributed by atoms with Gasteiger partial charge in [-0.3, -0.25) is 14.5 Å². The Hall–Kier alpha value is -3.28. The molecule has 1 N–H and O–H groups in total. The van der Waals surface area contributed by atoms with E-state index in [0.717, 1.165) is 5.56 Å². The maximum absolute atomic E-state index is 13.2. The van der Waals surface area contributed by atoms with Crippen LogP contribution in [0.5, 0.6) is 5.75 Å². The van der Waals surface area contributed by atoms with E-state index in [1.165, 1.54) is 18.1 Å². The van der Waals surface area contributed by atoms with Crippen molar-refractivity contribution in [3.63, 3.8) is 0 Å². The van der Waals surface area contributed by atoms with Crippen LogP contribution >= 0.6 is 23.2 Å².